The summed E-state index contributed by atoms with van der Waals surface area (Å²) in [6.45, 7) is 4.75. The maximum Gasteiger partial charge on any atom is 0.411 e. The molecule has 1 aliphatic heterocycles. The summed E-state index contributed by atoms with van der Waals surface area (Å²) in [6, 6.07) is 7.25. The number of nitrogens with zero attached hydrogens (tertiary/aromatic N) is 1. The zero-order chi connectivity index (χ0) is 16.5. The van der Waals surface area contributed by atoms with Gasteiger partial charge in [0, 0.05) is 0 Å². The van der Waals surface area contributed by atoms with Crippen LogP contribution < -0.4 is 0 Å². The van der Waals surface area contributed by atoms with Gasteiger partial charge < -0.3 is 20.1 Å². The molecule has 1 aromatic rings. The Hall–Kier alpha value is -1.63. The topological polar surface area (TPSA) is 90.2 Å². The first-order chi connectivity index (χ1) is 10.3. The molecule has 1 saturated heterocycles. The zero-order valence-corrected chi connectivity index (χ0v) is 13.0. The Kier molecular flexibility index (Phi) is 4.75. The minimum atomic E-state index is -1.23. The first-order valence-electron chi connectivity index (χ1n) is 7.29. The normalized spacial score (nSPS) is 28.7. The first kappa shape index (κ1) is 16.7. The Balaban J connectivity index is 2.37. The summed E-state index contributed by atoms with van der Waals surface area (Å²) in [5.74, 6) is 0. The van der Waals surface area contributed by atoms with Gasteiger partial charge in [-0.05, 0) is 26.3 Å². The van der Waals surface area contributed by atoms with E-state index in [1.165, 1.54) is 4.90 Å². The number of hydrogen-bond acceptors (Lipinski definition) is 5. The number of likely N-dealkylation sites (tertiary alicyclic amines) is 1. The number of aliphatic hydroxyl groups is 3. The summed E-state index contributed by atoms with van der Waals surface area (Å²) in [6.07, 6.45) is -3.09. The van der Waals surface area contributed by atoms with E-state index in [4.69, 9.17) is 4.74 Å². The lowest BCUT2D eigenvalue weighted by Crippen LogP contribution is -2.45. The first-order valence-corrected chi connectivity index (χ1v) is 7.29. The number of aliphatic hydroxyl groups excluding tert-OH is 3. The van der Waals surface area contributed by atoms with Crippen LogP contribution in [-0.2, 0) is 4.74 Å². The van der Waals surface area contributed by atoms with Crippen LogP contribution in [0.5, 0.6) is 0 Å². The molecule has 0 bridgehead atoms. The minimum Gasteiger partial charge on any atom is -0.444 e. The fraction of sp³-hybridized carbons (Fsp3) is 0.562. The van der Waals surface area contributed by atoms with Crippen LogP contribution in [0.4, 0.5) is 4.79 Å². The van der Waals surface area contributed by atoms with E-state index in [1.807, 2.05) is 6.07 Å². The predicted octanol–water partition coefficient (Wildman–Crippen LogP) is 1.06. The van der Waals surface area contributed by atoms with Crippen LogP contribution in [-0.4, -0.2) is 56.8 Å². The highest BCUT2D eigenvalue weighted by molar-refractivity contribution is 5.70. The highest BCUT2D eigenvalue weighted by atomic mass is 16.6. The highest BCUT2D eigenvalue weighted by Crippen LogP contribution is 2.37. The lowest BCUT2D eigenvalue weighted by molar-refractivity contribution is -0.000870. The van der Waals surface area contributed by atoms with Gasteiger partial charge in [-0.25, -0.2) is 4.79 Å². The van der Waals surface area contributed by atoms with Gasteiger partial charge in [-0.15, -0.1) is 0 Å². The van der Waals surface area contributed by atoms with Gasteiger partial charge in [0.1, 0.15) is 17.8 Å². The van der Waals surface area contributed by atoms with Gasteiger partial charge in [-0.1, -0.05) is 30.3 Å². The molecule has 0 saturated carbocycles. The largest absolute Gasteiger partial charge is 0.444 e. The van der Waals surface area contributed by atoms with Gasteiger partial charge in [0.15, 0.2) is 0 Å². The lowest BCUT2D eigenvalue weighted by atomic mass is 10.0. The second kappa shape index (κ2) is 6.24. The summed E-state index contributed by atoms with van der Waals surface area (Å²) >= 11 is 0. The summed E-state index contributed by atoms with van der Waals surface area (Å²) in [4.78, 5) is 13.7. The average molecular weight is 309 g/mol. The quantitative estimate of drug-likeness (QED) is 0.760. The number of ether oxygens (including phenoxy) is 1. The standard InChI is InChI=1S/C16H23NO5/c1-16(2,3)22-15(21)17-11(9-18)13(19)14(20)12(17)10-7-5-4-6-8-10/h4-8,11-14,18-20H,9H2,1-3H3/t11-,12+,13-,14+/m1/s1. The SMILES string of the molecule is CC(C)(C)OC(=O)N1[C@H](CO)[C@@H](O)[C@@H](O)[C@@H]1c1ccccc1. The molecule has 0 radical (unpaired) electrons. The van der Waals surface area contributed by atoms with Crippen molar-refractivity contribution in [2.24, 2.45) is 0 Å². The molecule has 0 unspecified atom stereocenters. The van der Waals surface area contributed by atoms with Crippen LogP contribution in [0.25, 0.3) is 0 Å². The molecule has 1 amide bonds. The van der Waals surface area contributed by atoms with Crippen molar-refractivity contribution < 1.29 is 24.9 Å². The Bertz CT molecular complexity index is 513. The zero-order valence-electron chi connectivity index (χ0n) is 13.0. The van der Waals surface area contributed by atoms with E-state index in [0.717, 1.165) is 0 Å². The van der Waals surface area contributed by atoms with Crippen LogP contribution in [0.3, 0.4) is 0 Å². The van der Waals surface area contributed by atoms with Crippen LogP contribution in [0, 0.1) is 0 Å². The molecule has 0 aliphatic carbocycles. The van der Waals surface area contributed by atoms with Crippen LogP contribution in [0.2, 0.25) is 0 Å². The molecule has 1 aliphatic rings. The van der Waals surface area contributed by atoms with E-state index in [2.05, 4.69) is 0 Å². The minimum absolute atomic E-state index is 0.458. The van der Waals surface area contributed by atoms with E-state index in [9.17, 15) is 20.1 Å². The van der Waals surface area contributed by atoms with Crippen molar-refractivity contribution in [3.63, 3.8) is 0 Å². The summed E-state index contributed by atoms with van der Waals surface area (Å²) in [7, 11) is 0. The van der Waals surface area contributed by atoms with E-state index >= 15 is 0 Å². The fourth-order valence-electron chi connectivity index (χ4n) is 2.72. The maximum atomic E-state index is 12.5. The third-order valence-corrected chi connectivity index (χ3v) is 3.66. The van der Waals surface area contributed by atoms with Crippen LogP contribution in [0.15, 0.2) is 30.3 Å². The molecular weight excluding hydrogens is 286 g/mol. The Morgan fingerprint density at radius 1 is 1.18 bits per heavy atom. The monoisotopic (exact) mass is 309 g/mol. The molecule has 3 N–H and O–H groups in total. The molecule has 1 aromatic carbocycles. The van der Waals surface area contributed by atoms with Gasteiger partial charge in [0.25, 0.3) is 0 Å². The number of hydrogen-bond donors (Lipinski definition) is 3. The number of carbonyl (C=O) groups excluding carboxylic acids is 1. The Morgan fingerprint density at radius 3 is 2.27 bits per heavy atom. The molecular formula is C16H23NO5. The molecule has 1 heterocycles. The molecule has 2 rings (SSSR count). The number of rotatable bonds is 2. The van der Waals surface area contributed by atoms with Crippen molar-refractivity contribution in [1.82, 2.24) is 4.90 Å². The number of carbonyl (C=O) groups is 1. The smallest absolute Gasteiger partial charge is 0.411 e. The van der Waals surface area contributed by atoms with Crippen LogP contribution >= 0.6 is 0 Å². The van der Waals surface area contributed by atoms with Crippen molar-refractivity contribution in [2.75, 3.05) is 6.61 Å². The molecule has 122 valence electrons. The molecule has 1 fully saturated rings. The van der Waals surface area contributed by atoms with E-state index in [0.29, 0.717) is 5.56 Å². The van der Waals surface area contributed by atoms with E-state index in [1.54, 1.807) is 45.0 Å². The third-order valence-electron chi connectivity index (χ3n) is 3.66. The molecule has 0 spiro atoms. The number of amides is 1. The van der Waals surface area contributed by atoms with E-state index in [-0.39, 0.29) is 0 Å². The van der Waals surface area contributed by atoms with Crippen molar-refractivity contribution in [3.05, 3.63) is 35.9 Å². The van der Waals surface area contributed by atoms with Crippen molar-refractivity contribution in [2.45, 2.75) is 50.7 Å². The third kappa shape index (κ3) is 3.24. The molecule has 6 nitrogen and oxygen atoms in total. The van der Waals surface area contributed by atoms with Crippen LogP contribution in [0.1, 0.15) is 32.4 Å². The second-order valence-corrected chi connectivity index (χ2v) is 6.47. The fourth-order valence-corrected chi connectivity index (χ4v) is 2.72. The number of benzene rings is 1. The van der Waals surface area contributed by atoms with Gasteiger partial charge in [-0.2, -0.15) is 0 Å². The lowest BCUT2D eigenvalue weighted by Gasteiger charge is -2.32. The molecule has 4 atom stereocenters. The molecule has 22 heavy (non-hydrogen) atoms. The van der Waals surface area contributed by atoms with Crippen molar-refractivity contribution in [3.8, 4) is 0 Å². The Labute approximate surface area is 129 Å². The Morgan fingerprint density at radius 2 is 1.77 bits per heavy atom. The van der Waals surface area contributed by atoms with Gasteiger partial charge in [0.05, 0.1) is 18.7 Å². The maximum absolute atomic E-state index is 12.5. The highest BCUT2D eigenvalue weighted by Gasteiger charge is 2.51. The van der Waals surface area contributed by atoms with Gasteiger partial charge in [-0.3, -0.25) is 4.90 Å². The predicted molar refractivity (Wildman–Crippen MR) is 80.1 cm³/mol. The second-order valence-electron chi connectivity index (χ2n) is 6.47. The van der Waals surface area contributed by atoms with E-state index < -0.39 is 42.6 Å². The summed E-state index contributed by atoms with van der Waals surface area (Å²) < 4.78 is 5.36. The average Bonchev–Trinajstić information content (AvgIpc) is 2.70. The molecule has 6 heteroatoms. The molecule has 0 aromatic heterocycles. The van der Waals surface area contributed by atoms with Gasteiger partial charge in [0.2, 0.25) is 0 Å². The van der Waals surface area contributed by atoms with Gasteiger partial charge >= 0.3 is 6.09 Å². The summed E-state index contributed by atoms with van der Waals surface area (Å²) in [5, 5.41) is 30.0. The summed E-state index contributed by atoms with van der Waals surface area (Å²) in [5.41, 5.74) is -0.0348. The van der Waals surface area contributed by atoms with Crippen molar-refractivity contribution >= 4 is 6.09 Å². The van der Waals surface area contributed by atoms with Crippen molar-refractivity contribution in [1.29, 1.82) is 0 Å².